The van der Waals surface area contributed by atoms with Gasteiger partial charge in [0.2, 0.25) is 5.91 Å². The highest BCUT2D eigenvalue weighted by atomic mass is 35.5. The standard InChI is InChI=1S/C18H17ClN2OS/c1-13(14-5-3-2-4-6-14)20-12-11-17(22)21(18(20)23)16-9-7-15(19)8-10-16/h2-10,13H,11-12H2,1H3/t13-/m0/s1. The number of benzene rings is 2. The van der Waals surface area contributed by atoms with Crippen LogP contribution in [0.15, 0.2) is 54.6 Å². The van der Waals surface area contributed by atoms with E-state index >= 15 is 0 Å². The molecule has 0 radical (unpaired) electrons. The predicted octanol–water partition coefficient (Wildman–Crippen LogP) is 4.42. The van der Waals surface area contributed by atoms with Crippen molar-refractivity contribution in [3.05, 3.63) is 65.2 Å². The first-order chi connectivity index (χ1) is 11.1. The summed E-state index contributed by atoms with van der Waals surface area (Å²) in [4.78, 5) is 16.1. The summed E-state index contributed by atoms with van der Waals surface area (Å²) in [5.74, 6) is 0.0221. The number of thiocarbonyl (C=S) groups is 1. The number of anilines is 1. The van der Waals surface area contributed by atoms with E-state index in [0.717, 1.165) is 5.69 Å². The van der Waals surface area contributed by atoms with Crippen LogP contribution in [0.2, 0.25) is 5.02 Å². The maximum absolute atomic E-state index is 12.4. The Morgan fingerprint density at radius 1 is 1.09 bits per heavy atom. The van der Waals surface area contributed by atoms with Gasteiger partial charge in [0.1, 0.15) is 0 Å². The monoisotopic (exact) mass is 344 g/mol. The fourth-order valence-corrected chi connectivity index (χ4v) is 3.36. The van der Waals surface area contributed by atoms with Crippen molar-refractivity contribution in [1.82, 2.24) is 4.90 Å². The van der Waals surface area contributed by atoms with Gasteiger partial charge in [-0.05, 0) is 49.0 Å². The van der Waals surface area contributed by atoms with E-state index in [-0.39, 0.29) is 11.9 Å². The first-order valence-corrected chi connectivity index (χ1v) is 8.30. The van der Waals surface area contributed by atoms with Crippen molar-refractivity contribution in [3.63, 3.8) is 0 Å². The summed E-state index contributed by atoms with van der Waals surface area (Å²) >= 11 is 11.6. The van der Waals surface area contributed by atoms with E-state index in [0.29, 0.717) is 23.1 Å². The summed E-state index contributed by atoms with van der Waals surface area (Å²) in [6.45, 7) is 2.75. The van der Waals surface area contributed by atoms with E-state index in [2.05, 4.69) is 24.0 Å². The average molecular weight is 345 g/mol. The number of rotatable bonds is 3. The molecule has 0 aliphatic carbocycles. The lowest BCUT2D eigenvalue weighted by Gasteiger charge is -2.40. The summed E-state index contributed by atoms with van der Waals surface area (Å²) in [7, 11) is 0. The third kappa shape index (κ3) is 3.23. The van der Waals surface area contributed by atoms with Gasteiger partial charge in [-0.25, -0.2) is 0 Å². The molecule has 0 spiro atoms. The minimum Gasteiger partial charge on any atom is -0.341 e. The largest absolute Gasteiger partial charge is 0.341 e. The van der Waals surface area contributed by atoms with Crippen LogP contribution >= 0.6 is 23.8 Å². The molecule has 0 unspecified atom stereocenters. The maximum Gasteiger partial charge on any atom is 0.235 e. The van der Waals surface area contributed by atoms with Crippen LogP contribution in [-0.4, -0.2) is 22.5 Å². The van der Waals surface area contributed by atoms with Gasteiger partial charge in [-0.3, -0.25) is 9.69 Å². The topological polar surface area (TPSA) is 23.6 Å². The van der Waals surface area contributed by atoms with Gasteiger partial charge in [0.05, 0.1) is 11.7 Å². The number of hydrogen-bond donors (Lipinski definition) is 0. The second-order valence-electron chi connectivity index (χ2n) is 5.52. The van der Waals surface area contributed by atoms with Crippen molar-refractivity contribution in [1.29, 1.82) is 0 Å². The van der Waals surface area contributed by atoms with E-state index in [9.17, 15) is 4.79 Å². The van der Waals surface area contributed by atoms with Crippen LogP contribution in [0.25, 0.3) is 0 Å². The molecule has 1 aliphatic rings. The van der Waals surface area contributed by atoms with Crippen molar-refractivity contribution in [3.8, 4) is 0 Å². The lowest BCUT2D eigenvalue weighted by Crippen LogP contribution is -2.53. The first-order valence-electron chi connectivity index (χ1n) is 7.52. The Morgan fingerprint density at radius 2 is 1.74 bits per heavy atom. The van der Waals surface area contributed by atoms with Gasteiger partial charge in [-0.2, -0.15) is 0 Å². The first kappa shape index (κ1) is 16.0. The highest BCUT2D eigenvalue weighted by molar-refractivity contribution is 7.80. The van der Waals surface area contributed by atoms with Gasteiger partial charge in [0.25, 0.3) is 0 Å². The molecule has 1 aliphatic heterocycles. The Morgan fingerprint density at radius 3 is 2.39 bits per heavy atom. The van der Waals surface area contributed by atoms with E-state index in [1.165, 1.54) is 5.56 Å². The quantitative estimate of drug-likeness (QED) is 0.770. The molecule has 1 saturated heterocycles. The second kappa shape index (κ2) is 6.69. The zero-order chi connectivity index (χ0) is 16.4. The van der Waals surface area contributed by atoms with Gasteiger partial charge in [0, 0.05) is 18.0 Å². The lowest BCUT2D eigenvalue weighted by atomic mass is 10.1. The van der Waals surface area contributed by atoms with Crippen molar-refractivity contribution in [2.75, 3.05) is 11.4 Å². The van der Waals surface area contributed by atoms with Gasteiger partial charge < -0.3 is 4.90 Å². The molecule has 0 saturated carbocycles. The molecule has 1 amide bonds. The summed E-state index contributed by atoms with van der Waals surface area (Å²) in [5.41, 5.74) is 1.94. The smallest absolute Gasteiger partial charge is 0.235 e. The van der Waals surface area contributed by atoms with Crippen molar-refractivity contribution in [2.45, 2.75) is 19.4 Å². The normalized spacial score (nSPS) is 16.6. The zero-order valence-corrected chi connectivity index (χ0v) is 14.3. The lowest BCUT2D eigenvalue weighted by molar-refractivity contribution is -0.118. The van der Waals surface area contributed by atoms with Crippen molar-refractivity contribution >= 4 is 40.5 Å². The molecule has 118 valence electrons. The molecule has 3 nitrogen and oxygen atoms in total. The third-order valence-corrected chi connectivity index (χ3v) is 4.76. The maximum atomic E-state index is 12.4. The number of halogens is 1. The third-order valence-electron chi connectivity index (χ3n) is 4.09. The molecule has 3 rings (SSSR count). The molecule has 0 N–H and O–H groups in total. The molecule has 0 aromatic heterocycles. The Labute approximate surface area is 146 Å². The van der Waals surface area contributed by atoms with Crippen LogP contribution in [0.4, 0.5) is 5.69 Å². The summed E-state index contributed by atoms with van der Waals surface area (Å²) in [6.07, 6.45) is 0.444. The minimum absolute atomic E-state index is 0.0221. The molecule has 5 heteroatoms. The van der Waals surface area contributed by atoms with Crippen LogP contribution in [0.5, 0.6) is 0 Å². The molecule has 0 bridgehead atoms. The predicted molar refractivity (Wildman–Crippen MR) is 97.7 cm³/mol. The van der Waals surface area contributed by atoms with E-state index in [1.807, 2.05) is 30.3 Å². The molecule has 2 aromatic carbocycles. The average Bonchev–Trinajstić information content (AvgIpc) is 2.57. The Kier molecular flexibility index (Phi) is 4.64. The number of nitrogens with zero attached hydrogens (tertiary/aromatic N) is 2. The molecular formula is C18H17ClN2OS. The number of carbonyl (C=O) groups excluding carboxylic acids is 1. The van der Waals surface area contributed by atoms with E-state index in [1.54, 1.807) is 17.0 Å². The van der Waals surface area contributed by atoms with Crippen LogP contribution in [-0.2, 0) is 4.79 Å². The molecule has 2 aromatic rings. The number of amides is 1. The number of carbonyl (C=O) groups is 1. The van der Waals surface area contributed by atoms with Crippen LogP contribution in [0, 0.1) is 0 Å². The fourth-order valence-electron chi connectivity index (χ4n) is 2.77. The van der Waals surface area contributed by atoms with Gasteiger partial charge >= 0.3 is 0 Å². The molecule has 1 heterocycles. The minimum atomic E-state index is 0.0221. The zero-order valence-electron chi connectivity index (χ0n) is 12.8. The Bertz CT molecular complexity index is 718. The Hall–Kier alpha value is -1.91. The van der Waals surface area contributed by atoms with Gasteiger partial charge in [0.15, 0.2) is 5.11 Å². The summed E-state index contributed by atoms with van der Waals surface area (Å²) in [5, 5.41) is 1.18. The second-order valence-corrected chi connectivity index (χ2v) is 6.32. The number of hydrogen-bond acceptors (Lipinski definition) is 2. The van der Waals surface area contributed by atoms with Gasteiger partial charge in [-0.1, -0.05) is 41.9 Å². The van der Waals surface area contributed by atoms with E-state index in [4.69, 9.17) is 23.8 Å². The molecule has 1 atom stereocenters. The molecule has 23 heavy (non-hydrogen) atoms. The SMILES string of the molecule is C[C@@H](c1ccccc1)N1CCC(=O)N(c2ccc(Cl)cc2)C1=S. The summed E-state index contributed by atoms with van der Waals surface area (Å²) < 4.78 is 0. The highest BCUT2D eigenvalue weighted by Gasteiger charge is 2.32. The van der Waals surface area contributed by atoms with Crippen molar-refractivity contribution in [2.24, 2.45) is 0 Å². The fraction of sp³-hybridized carbons (Fsp3) is 0.222. The van der Waals surface area contributed by atoms with Crippen LogP contribution in [0.1, 0.15) is 24.9 Å². The van der Waals surface area contributed by atoms with E-state index < -0.39 is 0 Å². The van der Waals surface area contributed by atoms with Crippen LogP contribution < -0.4 is 4.90 Å². The summed E-state index contributed by atoms with van der Waals surface area (Å²) in [6, 6.07) is 17.5. The van der Waals surface area contributed by atoms with Crippen molar-refractivity contribution < 1.29 is 4.79 Å². The van der Waals surface area contributed by atoms with Gasteiger partial charge in [-0.15, -0.1) is 0 Å². The highest BCUT2D eigenvalue weighted by Crippen LogP contribution is 2.28. The van der Waals surface area contributed by atoms with Crippen LogP contribution in [0.3, 0.4) is 0 Å². The molecular weight excluding hydrogens is 328 g/mol. The molecule has 1 fully saturated rings. The Balaban J connectivity index is 1.88.